The number of carbonyl (C=O) groups is 2. The molecule has 4 rings (SSSR count). The Labute approximate surface area is 205 Å². The summed E-state index contributed by atoms with van der Waals surface area (Å²) in [6.07, 6.45) is 0.329. The molecule has 0 aliphatic carbocycles. The highest BCUT2D eigenvalue weighted by Gasteiger charge is 2.23. The molecule has 6 heteroatoms. The van der Waals surface area contributed by atoms with Crippen molar-refractivity contribution in [3.05, 3.63) is 120 Å². The van der Waals surface area contributed by atoms with Crippen molar-refractivity contribution in [2.75, 3.05) is 10.6 Å². The van der Waals surface area contributed by atoms with Crippen molar-refractivity contribution in [3.63, 3.8) is 0 Å². The topological polar surface area (TPSA) is 79.5 Å². The highest BCUT2D eigenvalue weighted by atomic mass is 16.5. The number of nitrogens with one attached hydrogen (secondary N) is 3. The van der Waals surface area contributed by atoms with Gasteiger partial charge in [0, 0.05) is 12.1 Å². The second kappa shape index (κ2) is 11.5. The minimum absolute atomic E-state index is 0.329. The van der Waals surface area contributed by atoms with Crippen molar-refractivity contribution in [2.45, 2.75) is 19.4 Å². The van der Waals surface area contributed by atoms with Crippen LogP contribution >= 0.6 is 0 Å². The summed E-state index contributed by atoms with van der Waals surface area (Å²) in [5.74, 6) is 0.817. The number of amides is 3. The third-order valence-corrected chi connectivity index (χ3v) is 5.33. The Morgan fingerprint density at radius 3 is 2.09 bits per heavy atom. The zero-order valence-electron chi connectivity index (χ0n) is 19.4. The molecular formula is C29H27N3O3. The summed E-state index contributed by atoms with van der Waals surface area (Å²) < 4.78 is 5.96. The summed E-state index contributed by atoms with van der Waals surface area (Å²) in [6, 6.07) is 32.3. The van der Waals surface area contributed by atoms with Gasteiger partial charge in [0.15, 0.2) is 5.75 Å². The van der Waals surface area contributed by atoms with Crippen molar-refractivity contribution in [1.29, 1.82) is 0 Å². The maximum absolute atomic E-state index is 13.3. The molecule has 0 heterocycles. The third kappa shape index (κ3) is 6.95. The van der Waals surface area contributed by atoms with Crippen molar-refractivity contribution in [3.8, 4) is 11.5 Å². The maximum Gasteiger partial charge on any atom is 0.319 e. The lowest BCUT2D eigenvalue weighted by atomic mass is 10.1. The first-order valence-electron chi connectivity index (χ1n) is 11.4. The molecule has 0 bridgehead atoms. The largest absolute Gasteiger partial charge is 0.455 e. The zero-order valence-corrected chi connectivity index (χ0v) is 19.4. The summed E-state index contributed by atoms with van der Waals surface area (Å²) in [7, 11) is 0. The lowest BCUT2D eigenvalue weighted by molar-refractivity contribution is -0.117. The Kier molecular flexibility index (Phi) is 7.76. The average molecular weight is 466 g/mol. The number of ether oxygens (including phenoxy) is 1. The predicted octanol–water partition coefficient (Wildman–Crippen LogP) is 6.16. The molecule has 6 nitrogen and oxygen atoms in total. The van der Waals surface area contributed by atoms with E-state index in [0.29, 0.717) is 29.3 Å². The van der Waals surface area contributed by atoms with Crippen LogP contribution in [0.1, 0.15) is 11.1 Å². The molecule has 0 saturated heterocycles. The Hall–Kier alpha value is -4.58. The standard InChI is InChI=1S/C29H27N3O3/c1-21-16-18-23(19-17-21)30-29(34)32-26(20-22-10-4-2-5-11-22)28(33)31-25-14-8-9-15-27(25)35-24-12-6-3-7-13-24/h2-19,26H,20H2,1H3,(H,31,33)(H2,30,32,34). The van der Waals surface area contributed by atoms with Crippen LogP contribution in [-0.4, -0.2) is 18.0 Å². The van der Waals surface area contributed by atoms with E-state index >= 15 is 0 Å². The molecule has 0 fully saturated rings. The van der Waals surface area contributed by atoms with Crippen molar-refractivity contribution in [1.82, 2.24) is 5.32 Å². The van der Waals surface area contributed by atoms with Crippen molar-refractivity contribution < 1.29 is 14.3 Å². The predicted molar refractivity (Wildman–Crippen MR) is 139 cm³/mol. The minimum Gasteiger partial charge on any atom is -0.455 e. The average Bonchev–Trinajstić information content (AvgIpc) is 2.87. The molecule has 176 valence electrons. The van der Waals surface area contributed by atoms with Crippen LogP contribution in [0.4, 0.5) is 16.2 Å². The first-order chi connectivity index (χ1) is 17.1. The van der Waals surface area contributed by atoms with E-state index in [1.165, 1.54) is 0 Å². The minimum atomic E-state index is -0.812. The summed E-state index contributed by atoms with van der Waals surface area (Å²) in [5.41, 5.74) is 3.18. The molecule has 0 aliphatic heterocycles. The molecule has 4 aromatic carbocycles. The normalized spacial score (nSPS) is 11.2. The van der Waals surface area contributed by atoms with Crippen LogP contribution in [0.3, 0.4) is 0 Å². The number of rotatable bonds is 8. The Morgan fingerprint density at radius 1 is 0.743 bits per heavy atom. The lowest BCUT2D eigenvalue weighted by Gasteiger charge is -2.20. The number of hydrogen-bond acceptors (Lipinski definition) is 3. The van der Waals surface area contributed by atoms with Crippen LogP contribution in [0, 0.1) is 6.92 Å². The van der Waals surface area contributed by atoms with Gasteiger partial charge in [-0.1, -0.05) is 78.4 Å². The quantitative estimate of drug-likeness (QED) is 0.292. The van der Waals surface area contributed by atoms with Gasteiger partial charge >= 0.3 is 6.03 Å². The Morgan fingerprint density at radius 2 is 1.37 bits per heavy atom. The molecule has 0 radical (unpaired) electrons. The van der Waals surface area contributed by atoms with E-state index in [1.54, 1.807) is 12.1 Å². The molecule has 3 N–H and O–H groups in total. The molecular weight excluding hydrogens is 438 g/mol. The summed E-state index contributed by atoms with van der Waals surface area (Å²) in [5, 5.41) is 8.53. The number of carbonyl (C=O) groups excluding carboxylic acids is 2. The molecule has 3 amide bonds. The maximum atomic E-state index is 13.3. The number of benzene rings is 4. The van der Waals surface area contributed by atoms with Gasteiger partial charge in [0.25, 0.3) is 0 Å². The van der Waals surface area contributed by atoms with Gasteiger partial charge in [0.1, 0.15) is 11.8 Å². The molecule has 0 aliphatic rings. The molecule has 0 spiro atoms. The summed E-state index contributed by atoms with van der Waals surface area (Å²) in [4.78, 5) is 26.1. The molecule has 0 saturated carbocycles. The van der Waals surface area contributed by atoms with E-state index in [0.717, 1.165) is 11.1 Å². The number of anilines is 2. The van der Waals surface area contributed by atoms with Gasteiger partial charge in [0.2, 0.25) is 5.91 Å². The van der Waals surface area contributed by atoms with Crippen molar-refractivity contribution in [2.24, 2.45) is 0 Å². The number of para-hydroxylation sites is 3. The molecule has 0 aromatic heterocycles. The SMILES string of the molecule is Cc1ccc(NC(=O)NC(Cc2ccccc2)C(=O)Nc2ccccc2Oc2ccccc2)cc1. The van der Waals surface area contributed by atoms with Crippen LogP contribution < -0.4 is 20.7 Å². The Bertz CT molecular complexity index is 1260. The van der Waals surface area contributed by atoms with Gasteiger partial charge in [-0.3, -0.25) is 4.79 Å². The fourth-order valence-electron chi connectivity index (χ4n) is 3.52. The number of aryl methyl sites for hydroxylation is 1. The highest BCUT2D eigenvalue weighted by molar-refractivity contribution is 6.00. The second-order valence-electron chi connectivity index (χ2n) is 8.11. The summed E-state index contributed by atoms with van der Waals surface area (Å²) in [6.45, 7) is 1.98. The van der Waals surface area contributed by atoms with E-state index in [1.807, 2.05) is 104 Å². The van der Waals surface area contributed by atoms with E-state index in [4.69, 9.17) is 4.74 Å². The van der Waals surface area contributed by atoms with Gasteiger partial charge in [0.05, 0.1) is 5.69 Å². The van der Waals surface area contributed by atoms with Gasteiger partial charge < -0.3 is 20.7 Å². The third-order valence-electron chi connectivity index (χ3n) is 5.33. The fraction of sp³-hybridized carbons (Fsp3) is 0.103. The monoisotopic (exact) mass is 465 g/mol. The van der Waals surface area contributed by atoms with E-state index < -0.39 is 12.1 Å². The van der Waals surface area contributed by atoms with E-state index in [-0.39, 0.29) is 5.91 Å². The first-order valence-corrected chi connectivity index (χ1v) is 11.4. The molecule has 1 unspecified atom stereocenters. The van der Waals surface area contributed by atoms with Crippen LogP contribution in [0.5, 0.6) is 11.5 Å². The summed E-state index contributed by atoms with van der Waals surface area (Å²) >= 11 is 0. The molecule has 1 atom stereocenters. The van der Waals surface area contributed by atoms with Gasteiger partial charge in [-0.15, -0.1) is 0 Å². The number of hydrogen-bond donors (Lipinski definition) is 3. The smallest absolute Gasteiger partial charge is 0.319 e. The van der Waals surface area contributed by atoms with Gasteiger partial charge in [-0.2, -0.15) is 0 Å². The molecule has 4 aromatic rings. The molecule has 35 heavy (non-hydrogen) atoms. The van der Waals surface area contributed by atoms with Gasteiger partial charge in [-0.05, 0) is 48.9 Å². The van der Waals surface area contributed by atoms with Crippen LogP contribution in [-0.2, 0) is 11.2 Å². The second-order valence-corrected chi connectivity index (χ2v) is 8.11. The van der Waals surface area contributed by atoms with Crippen LogP contribution in [0.2, 0.25) is 0 Å². The number of urea groups is 1. The zero-order chi connectivity index (χ0) is 24.5. The Balaban J connectivity index is 1.50. The van der Waals surface area contributed by atoms with Crippen LogP contribution in [0.15, 0.2) is 109 Å². The highest BCUT2D eigenvalue weighted by Crippen LogP contribution is 2.29. The first kappa shape index (κ1) is 23.6. The fourth-order valence-corrected chi connectivity index (χ4v) is 3.52. The van der Waals surface area contributed by atoms with E-state index in [2.05, 4.69) is 16.0 Å². The lowest BCUT2D eigenvalue weighted by Crippen LogP contribution is -2.47. The van der Waals surface area contributed by atoms with E-state index in [9.17, 15) is 9.59 Å². The van der Waals surface area contributed by atoms with Gasteiger partial charge in [-0.25, -0.2) is 4.79 Å². The van der Waals surface area contributed by atoms with Crippen LogP contribution in [0.25, 0.3) is 0 Å². The van der Waals surface area contributed by atoms with Crippen molar-refractivity contribution >= 4 is 23.3 Å².